The Morgan fingerprint density at radius 3 is 2.89 bits per heavy atom. The molecule has 0 bridgehead atoms. The smallest absolute Gasteiger partial charge is 0.263 e. The quantitative estimate of drug-likeness (QED) is 0.745. The van der Waals surface area contributed by atoms with Crippen LogP contribution in [0.3, 0.4) is 0 Å². The fourth-order valence-electron chi connectivity index (χ4n) is 1.76. The van der Waals surface area contributed by atoms with Gasteiger partial charge in [-0.1, -0.05) is 11.2 Å². The first-order chi connectivity index (χ1) is 9.16. The molecule has 2 N–H and O–H groups in total. The molecule has 19 heavy (non-hydrogen) atoms. The molecule has 7 nitrogen and oxygen atoms in total. The van der Waals surface area contributed by atoms with Crippen molar-refractivity contribution in [2.75, 3.05) is 5.73 Å². The fourth-order valence-corrected chi connectivity index (χ4v) is 1.76. The third kappa shape index (κ3) is 1.85. The minimum absolute atomic E-state index is 0.339. The van der Waals surface area contributed by atoms with E-state index in [4.69, 9.17) is 10.3 Å². The SMILES string of the molecule is Cc1cccnc1-c1noc(-c2cnn(C)c2N)n1. The van der Waals surface area contributed by atoms with Crippen molar-refractivity contribution in [3.05, 3.63) is 30.1 Å². The molecule has 0 spiro atoms. The highest BCUT2D eigenvalue weighted by Gasteiger charge is 2.17. The van der Waals surface area contributed by atoms with Gasteiger partial charge in [-0.15, -0.1) is 0 Å². The molecule has 0 fully saturated rings. The van der Waals surface area contributed by atoms with Gasteiger partial charge < -0.3 is 10.3 Å². The molecular formula is C12H12N6O. The van der Waals surface area contributed by atoms with Gasteiger partial charge >= 0.3 is 0 Å². The van der Waals surface area contributed by atoms with Gasteiger partial charge in [0.25, 0.3) is 5.89 Å². The van der Waals surface area contributed by atoms with E-state index in [0.717, 1.165) is 5.56 Å². The van der Waals surface area contributed by atoms with Gasteiger partial charge in [0.05, 0.1) is 6.20 Å². The van der Waals surface area contributed by atoms with Crippen LogP contribution in [0, 0.1) is 6.92 Å². The zero-order chi connectivity index (χ0) is 13.4. The molecule has 3 aromatic heterocycles. The molecule has 3 aromatic rings. The molecule has 0 saturated heterocycles. The third-order valence-corrected chi connectivity index (χ3v) is 2.86. The van der Waals surface area contributed by atoms with E-state index >= 15 is 0 Å². The number of anilines is 1. The molecule has 0 radical (unpaired) electrons. The van der Waals surface area contributed by atoms with Crippen LogP contribution in [-0.4, -0.2) is 24.9 Å². The molecular weight excluding hydrogens is 244 g/mol. The van der Waals surface area contributed by atoms with Gasteiger partial charge in [-0.25, -0.2) is 0 Å². The molecule has 0 saturated carbocycles. The Morgan fingerprint density at radius 1 is 1.37 bits per heavy atom. The fraction of sp³-hybridized carbons (Fsp3) is 0.167. The highest BCUT2D eigenvalue weighted by atomic mass is 16.5. The summed E-state index contributed by atoms with van der Waals surface area (Å²) < 4.78 is 6.77. The number of hydrogen-bond donors (Lipinski definition) is 1. The maximum absolute atomic E-state index is 5.87. The molecule has 0 aliphatic heterocycles. The van der Waals surface area contributed by atoms with E-state index in [0.29, 0.717) is 28.8 Å². The van der Waals surface area contributed by atoms with Crippen LogP contribution >= 0.6 is 0 Å². The lowest BCUT2D eigenvalue weighted by atomic mass is 10.2. The Kier molecular flexibility index (Phi) is 2.52. The Morgan fingerprint density at radius 2 is 2.21 bits per heavy atom. The number of nitrogens with two attached hydrogens (primary N) is 1. The number of aromatic nitrogens is 5. The normalized spacial score (nSPS) is 10.8. The van der Waals surface area contributed by atoms with Crippen molar-refractivity contribution < 1.29 is 4.52 Å². The summed E-state index contributed by atoms with van der Waals surface area (Å²) in [5.74, 6) is 1.26. The van der Waals surface area contributed by atoms with E-state index in [1.807, 2.05) is 19.1 Å². The van der Waals surface area contributed by atoms with Crippen LogP contribution in [0.2, 0.25) is 0 Å². The summed E-state index contributed by atoms with van der Waals surface area (Å²) in [5, 5.41) is 7.97. The van der Waals surface area contributed by atoms with Crippen LogP contribution in [0.4, 0.5) is 5.82 Å². The lowest BCUT2D eigenvalue weighted by Gasteiger charge is -1.96. The third-order valence-electron chi connectivity index (χ3n) is 2.86. The predicted molar refractivity (Wildman–Crippen MR) is 68.9 cm³/mol. The van der Waals surface area contributed by atoms with Crippen LogP contribution in [0.5, 0.6) is 0 Å². The van der Waals surface area contributed by atoms with Crippen LogP contribution in [0.25, 0.3) is 23.0 Å². The Balaban J connectivity index is 2.05. The van der Waals surface area contributed by atoms with E-state index < -0.39 is 0 Å². The molecule has 3 heterocycles. The van der Waals surface area contributed by atoms with Crippen molar-refractivity contribution >= 4 is 5.82 Å². The molecule has 0 aliphatic rings. The van der Waals surface area contributed by atoms with Crippen molar-refractivity contribution in [3.63, 3.8) is 0 Å². The predicted octanol–water partition coefficient (Wildman–Crippen LogP) is 1.42. The summed E-state index contributed by atoms with van der Waals surface area (Å²) in [6.45, 7) is 1.94. The summed E-state index contributed by atoms with van der Waals surface area (Å²) in [6.07, 6.45) is 3.29. The number of hydrogen-bond acceptors (Lipinski definition) is 6. The maximum Gasteiger partial charge on any atom is 0.263 e. The topological polar surface area (TPSA) is 95.7 Å². The standard InChI is InChI=1S/C12H12N6O/c1-7-4-3-5-14-9(7)11-16-12(19-17-11)8-6-15-18(2)10(8)13/h3-6H,13H2,1-2H3. The van der Waals surface area contributed by atoms with E-state index in [1.165, 1.54) is 0 Å². The van der Waals surface area contributed by atoms with Gasteiger partial charge in [-0.3, -0.25) is 9.67 Å². The Bertz CT molecular complexity index is 729. The van der Waals surface area contributed by atoms with E-state index in [9.17, 15) is 0 Å². The maximum atomic E-state index is 5.87. The summed E-state index contributed by atoms with van der Waals surface area (Å²) >= 11 is 0. The van der Waals surface area contributed by atoms with E-state index in [2.05, 4.69) is 20.2 Å². The zero-order valence-corrected chi connectivity index (χ0v) is 10.5. The Hall–Kier alpha value is -2.70. The number of pyridine rings is 1. The first-order valence-electron chi connectivity index (χ1n) is 5.70. The minimum Gasteiger partial charge on any atom is -0.383 e. The van der Waals surface area contributed by atoms with E-state index in [1.54, 1.807) is 24.1 Å². The average Bonchev–Trinajstić information content (AvgIpc) is 2.99. The van der Waals surface area contributed by atoms with Gasteiger partial charge in [0.15, 0.2) is 0 Å². The number of rotatable bonds is 2. The highest BCUT2D eigenvalue weighted by molar-refractivity contribution is 5.68. The second kappa shape index (κ2) is 4.20. The van der Waals surface area contributed by atoms with Crippen molar-refractivity contribution in [1.82, 2.24) is 24.9 Å². The minimum atomic E-state index is 0.339. The molecule has 0 unspecified atom stereocenters. The van der Waals surface area contributed by atoms with Crippen LogP contribution in [0.15, 0.2) is 29.0 Å². The van der Waals surface area contributed by atoms with Gasteiger partial charge in [0, 0.05) is 13.2 Å². The van der Waals surface area contributed by atoms with Crippen LogP contribution in [0.1, 0.15) is 5.56 Å². The van der Waals surface area contributed by atoms with Gasteiger partial charge in [-0.2, -0.15) is 10.1 Å². The summed E-state index contributed by atoms with van der Waals surface area (Å²) in [7, 11) is 1.75. The average molecular weight is 256 g/mol. The first kappa shape index (κ1) is 11.4. The monoisotopic (exact) mass is 256 g/mol. The van der Waals surface area contributed by atoms with Gasteiger partial charge in [0.1, 0.15) is 17.1 Å². The number of nitrogen functional groups attached to an aromatic ring is 1. The molecule has 96 valence electrons. The lowest BCUT2D eigenvalue weighted by molar-refractivity contribution is 0.432. The van der Waals surface area contributed by atoms with Crippen molar-refractivity contribution in [3.8, 4) is 23.0 Å². The molecule has 0 aliphatic carbocycles. The van der Waals surface area contributed by atoms with Gasteiger partial charge in [0.2, 0.25) is 5.82 Å². The zero-order valence-electron chi connectivity index (χ0n) is 10.5. The Labute approximate surface area is 109 Å². The number of nitrogens with zero attached hydrogens (tertiary/aromatic N) is 5. The second-order valence-electron chi connectivity index (χ2n) is 4.16. The molecule has 7 heteroatoms. The van der Waals surface area contributed by atoms with Crippen molar-refractivity contribution in [2.45, 2.75) is 6.92 Å². The van der Waals surface area contributed by atoms with Crippen molar-refractivity contribution in [1.29, 1.82) is 0 Å². The van der Waals surface area contributed by atoms with Crippen LogP contribution in [-0.2, 0) is 7.05 Å². The largest absolute Gasteiger partial charge is 0.383 e. The molecule has 0 aromatic carbocycles. The number of aryl methyl sites for hydroxylation is 2. The molecule has 0 atom stereocenters. The van der Waals surface area contributed by atoms with E-state index in [-0.39, 0.29) is 0 Å². The van der Waals surface area contributed by atoms with Crippen molar-refractivity contribution in [2.24, 2.45) is 7.05 Å². The first-order valence-corrected chi connectivity index (χ1v) is 5.70. The van der Waals surface area contributed by atoms with Crippen LogP contribution < -0.4 is 5.73 Å². The molecule has 3 rings (SSSR count). The lowest BCUT2D eigenvalue weighted by Crippen LogP contribution is -1.98. The second-order valence-corrected chi connectivity index (χ2v) is 4.16. The summed E-state index contributed by atoms with van der Waals surface area (Å²) in [4.78, 5) is 8.56. The summed E-state index contributed by atoms with van der Waals surface area (Å²) in [5.41, 5.74) is 8.16. The highest BCUT2D eigenvalue weighted by Crippen LogP contribution is 2.26. The summed E-state index contributed by atoms with van der Waals surface area (Å²) in [6, 6.07) is 3.80. The molecule has 0 amide bonds. The van der Waals surface area contributed by atoms with Gasteiger partial charge in [-0.05, 0) is 18.6 Å².